The van der Waals surface area contributed by atoms with E-state index in [0.717, 1.165) is 61.1 Å². The fraction of sp³-hybridized carbons (Fsp3) is 0.500. The molecule has 0 aliphatic carbocycles. The molecule has 1 fully saturated rings. The molecular weight excluding hydrogens is 398 g/mol. The van der Waals surface area contributed by atoms with Crippen LogP contribution in [0, 0.1) is 0 Å². The van der Waals surface area contributed by atoms with Gasteiger partial charge in [-0.3, -0.25) is 14.5 Å². The van der Waals surface area contributed by atoms with Crippen molar-refractivity contribution in [2.75, 3.05) is 11.5 Å². The monoisotopic (exact) mass is 429 g/mol. The normalized spacial score (nSPS) is 17.5. The maximum atomic E-state index is 12.4. The Morgan fingerprint density at radius 1 is 1.20 bits per heavy atom. The van der Waals surface area contributed by atoms with E-state index in [1.165, 1.54) is 16.2 Å². The summed E-state index contributed by atoms with van der Waals surface area (Å²) >= 11 is 1.54. The van der Waals surface area contributed by atoms with E-state index in [-0.39, 0.29) is 24.5 Å². The van der Waals surface area contributed by atoms with Crippen molar-refractivity contribution in [1.82, 2.24) is 0 Å². The number of aliphatic hydroxyl groups excluding tert-OH is 1. The molecule has 1 saturated heterocycles. The Labute approximate surface area is 182 Å². The average molecular weight is 430 g/mol. The lowest BCUT2D eigenvalue weighted by Gasteiger charge is -2.23. The quantitative estimate of drug-likeness (QED) is 0.390. The number of nitrogens with zero attached hydrogens (tertiary/aromatic N) is 1. The van der Waals surface area contributed by atoms with Gasteiger partial charge in [0, 0.05) is 10.6 Å². The van der Waals surface area contributed by atoms with Gasteiger partial charge in [0.05, 0.1) is 11.0 Å². The van der Waals surface area contributed by atoms with Gasteiger partial charge in [0.15, 0.2) is 5.78 Å². The third-order valence-electron chi connectivity index (χ3n) is 5.48. The van der Waals surface area contributed by atoms with Gasteiger partial charge in [-0.15, -0.1) is 11.3 Å². The van der Waals surface area contributed by atoms with Crippen LogP contribution < -0.4 is 4.90 Å². The molecule has 2 aromatic rings. The fourth-order valence-electron chi connectivity index (χ4n) is 3.76. The molecule has 1 N–H and O–H groups in total. The van der Waals surface area contributed by atoms with Crippen LogP contribution in [0.2, 0.25) is 0 Å². The predicted octanol–water partition coefficient (Wildman–Crippen LogP) is 5.28. The zero-order valence-corrected chi connectivity index (χ0v) is 18.6. The van der Waals surface area contributed by atoms with Gasteiger partial charge in [0.2, 0.25) is 0 Å². The second-order valence-corrected chi connectivity index (χ2v) is 9.02. The second-order valence-electron chi connectivity index (χ2n) is 7.85. The minimum Gasteiger partial charge on any atom is -0.388 e. The molecule has 1 aliphatic rings. The summed E-state index contributed by atoms with van der Waals surface area (Å²) in [5, 5.41) is 10.3. The number of aryl methyl sites for hydroxylation is 1. The first-order valence-electron chi connectivity index (χ1n) is 10.8. The van der Waals surface area contributed by atoms with Crippen LogP contribution in [0.25, 0.3) is 0 Å². The number of unbranched alkanes of at least 4 members (excludes halogenated alkanes) is 2. The topological polar surface area (TPSA) is 66.8 Å². The molecule has 162 valence electrons. The van der Waals surface area contributed by atoms with Crippen molar-refractivity contribution < 1.29 is 19.4 Å². The SMILES string of the molecule is CCCCC[C@H](O)c1ccc(N2C(=O)COC2CCCc2ccc(C(C)=O)s2)cc1. The number of aliphatic hydroxyl groups is 1. The molecule has 5 nitrogen and oxygen atoms in total. The van der Waals surface area contributed by atoms with Crippen molar-refractivity contribution in [3.63, 3.8) is 0 Å². The first kappa shape index (κ1) is 22.7. The minimum absolute atomic E-state index is 0.0359. The summed E-state index contributed by atoms with van der Waals surface area (Å²) in [6, 6.07) is 11.5. The molecule has 1 aromatic heterocycles. The van der Waals surface area contributed by atoms with Crippen molar-refractivity contribution in [2.45, 2.75) is 71.1 Å². The van der Waals surface area contributed by atoms with Gasteiger partial charge < -0.3 is 9.84 Å². The number of hydrogen-bond acceptors (Lipinski definition) is 5. The summed E-state index contributed by atoms with van der Waals surface area (Å²) in [5.41, 5.74) is 1.69. The first-order chi connectivity index (χ1) is 14.5. The average Bonchev–Trinajstić information content (AvgIpc) is 3.35. The third-order valence-corrected chi connectivity index (χ3v) is 6.72. The van der Waals surface area contributed by atoms with Gasteiger partial charge in [0.1, 0.15) is 12.8 Å². The molecule has 2 heterocycles. The summed E-state index contributed by atoms with van der Waals surface area (Å²) in [5.74, 6) is 0.0623. The van der Waals surface area contributed by atoms with Crippen LogP contribution in [-0.4, -0.2) is 29.6 Å². The molecule has 6 heteroatoms. The molecule has 1 amide bonds. The number of hydrogen-bond donors (Lipinski definition) is 1. The molecule has 0 bridgehead atoms. The largest absolute Gasteiger partial charge is 0.388 e. The van der Waals surface area contributed by atoms with Crippen LogP contribution in [0.15, 0.2) is 36.4 Å². The third kappa shape index (κ3) is 5.78. The highest BCUT2D eigenvalue weighted by Crippen LogP contribution is 2.29. The highest BCUT2D eigenvalue weighted by atomic mass is 32.1. The number of ketones is 1. The smallest absolute Gasteiger partial charge is 0.255 e. The van der Waals surface area contributed by atoms with E-state index in [1.54, 1.807) is 11.8 Å². The summed E-state index contributed by atoms with van der Waals surface area (Å²) in [6.07, 6.45) is 5.77. The van der Waals surface area contributed by atoms with Gasteiger partial charge >= 0.3 is 0 Å². The molecule has 1 aromatic carbocycles. The van der Waals surface area contributed by atoms with Crippen LogP contribution in [0.3, 0.4) is 0 Å². The van der Waals surface area contributed by atoms with E-state index in [2.05, 4.69) is 6.92 Å². The van der Waals surface area contributed by atoms with Crippen LogP contribution in [0.4, 0.5) is 5.69 Å². The molecule has 0 radical (unpaired) electrons. The first-order valence-corrected chi connectivity index (χ1v) is 11.6. The van der Waals surface area contributed by atoms with Crippen molar-refractivity contribution in [1.29, 1.82) is 0 Å². The summed E-state index contributed by atoms with van der Waals surface area (Å²) < 4.78 is 5.73. The highest BCUT2D eigenvalue weighted by Gasteiger charge is 2.32. The molecule has 3 rings (SSSR count). The van der Waals surface area contributed by atoms with Crippen molar-refractivity contribution >= 4 is 28.7 Å². The van der Waals surface area contributed by atoms with Gasteiger partial charge in [0.25, 0.3) is 5.91 Å². The Morgan fingerprint density at radius 3 is 2.63 bits per heavy atom. The number of Topliss-reactive ketones (excluding diaryl/α,β-unsaturated/α-hetero) is 1. The van der Waals surface area contributed by atoms with Crippen molar-refractivity contribution in [3.8, 4) is 0 Å². The summed E-state index contributed by atoms with van der Waals surface area (Å²) in [7, 11) is 0. The number of amides is 1. The highest BCUT2D eigenvalue weighted by molar-refractivity contribution is 7.14. The molecule has 30 heavy (non-hydrogen) atoms. The lowest BCUT2D eigenvalue weighted by molar-refractivity contribution is -0.117. The number of carbonyl (C=O) groups excluding carboxylic acids is 2. The molecule has 0 saturated carbocycles. The van der Waals surface area contributed by atoms with Gasteiger partial charge in [-0.05, 0) is 62.4 Å². The molecule has 1 unspecified atom stereocenters. The number of benzene rings is 1. The van der Waals surface area contributed by atoms with Crippen LogP contribution in [-0.2, 0) is 16.0 Å². The predicted molar refractivity (Wildman–Crippen MR) is 120 cm³/mol. The lowest BCUT2D eigenvalue weighted by Crippen LogP contribution is -2.33. The second kappa shape index (κ2) is 10.8. The molecular formula is C24H31NO4S. The zero-order chi connectivity index (χ0) is 21.5. The summed E-state index contributed by atoms with van der Waals surface area (Å²) in [6.45, 7) is 3.83. The maximum absolute atomic E-state index is 12.4. The Bertz CT molecular complexity index is 845. The molecule has 0 spiro atoms. The minimum atomic E-state index is -0.461. The number of ether oxygens (including phenoxy) is 1. The maximum Gasteiger partial charge on any atom is 0.255 e. The Balaban J connectivity index is 1.56. The van der Waals surface area contributed by atoms with E-state index in [0.29, 0.717) is 0 Å². The van der Waals surface area contributed by atoms with E-state index >= 15 is 0 Å². The fourth-order valence-corrected chi connectivity index (χ4v) is 4.70. The van der Waals surface area contributed by atoms with Crippen LogP contribution in [0.5, 0.6) is 0 Å². The van der Waals surface area contributed by atoms with Gasteiger partial charge in [-0.25, -0.2) is 0 Å². The lowest BCUT2D eigenvalue weighted by atomic mass is 10.0. The van der Waals surface area contributed by atoms with E-state index in [4.69, 9.17) is 4.74 Å². The standard InChI is InChI=1S/C24H31NO4S/c1-3-4-5-8-21(27)18-10-12-19(13-11-18)25-23(28)16-29-24(25)9-6-7-20-14-15-22(30-20)17(2)26/h10-15,21,24,27H,3-9,16H2,1-2H3/t21-,24?/m0/s1. The Kier molecular flexibility index (Phi) is 8.19. The van der Waals surface area contributed by atoms with Crippen molar-refractivity contribution in [3.05, 3.63) is 51.7 Å². The van der Waals surface area contributed by atoms with Gasteiger partial charge in [-0.2, -0.15) is 0 Å². The number of thiophene rings is 1. The van der Waals surface area contributed by atoms with E-state index in [9.17, 15) is 14.7 Å². The zero-order valence-electron chi connectivity index (χ0n) is 17.8. The molecule has 1 aliphatic heterocycles. The Hall–Kier alpha value is -2.02. The van der Waals surface area contributed by atoms with Crippen LogP contribution in [0.1, 0.15) is 78.6 Å². The van der Waals surface area contributed by atoms with Crippen molar-refractivity contribution in [2.24, 2.45) is 0 Å². The summed E-state index contributed by atoms with van der Waals surface area (Å²) in [4.78, 5) is 27.5. The van der Waals surface area contributed by atoms with E-state index in [1.807, 2.05) is 36.4 Å². The molecule has 2 atom stereocenters. The number of carbonyl (C=O) groups is 2. The van der Waals surface area contributed by atoms with Crippen LogP contribution >= 0.6 is 11.3 Å². The number of rotatable bonds is 11. The number of anilines is 1. The van der Waals surface area contributed by atoms with Gasteiger partial charge in [-0.1, -0.05) is 38.3 Å². The van der Waals surface area contributed by atoms with E-state index < -0.39 is 6.10 Å². The Morgan fingerprint density at radius 2 is 1.97 bits per heavy atom.